The Morgan fingerprint density at radius 3 is 3.05 bits per heavy atom. The van der Waals surface area contributed by atoms with Crippen molar-refractivity contribution in [2.75, 3.05) is 13.2 Å². The number of carboxylic acids is 1. The fourth-order valence-corrected chi connectivity index (χ4v) is 4.03. The predicted octanol–water partition coefficient (Wildman–Crippen LogP) is 2.77. The molecule has 1 N–H and O–H groups in total. The Morgan fingerprint density at radius 2 is 2.29 bits per heavy atom. The Labute approximate surface area is 125 Å². The Morgan fingerprint density at radius 1 is 1.43 bits per heavy atom. The largest absolute Gasteiger partial charge is 0.494 e. The minimum absolute atomic E-state index is 0.312. The monoisotopic (exact) mass is 289 g/mol. The summed E-state index contributed by atoms with van der Waals surface area (Å²) in [6.07, 6.45) is 3.44. The summed E-state index contributed by atoms with van der Waals surface area (Å²) in [6, 6.07) is 7.69. The van der Waals surface area contributed by atoms with Crippen LogP contribution in [0.2, 0.25) is 0 Å². The lowest BCUT2D eigenvalue weighted by molar-refractivity contribution is -0.143. The van der Waals surface area contributed by atoms with Crippen molar-refractivity contribution < 1.29 is 14.6 Å². The highest BCUT2D eigenvalue weighted by molar-refractivity contribution is 5.74. The molecule has 1 aliphatic heterocycles. The zero-order valence-corrected chi connectivity index (χ0v) is 12.5. The number of hydrogen-bond donors (Lipinski definition) is 1. The van der Waals surface area contributed by atoms with Crippen molar-refractivity contribution in [3.63, 3.8) is 0 Å². The number of carboxylic acid groups (broad SMARTS) is 1. The summed E-state index contributed by atoms with van der Waals surface area (Å²) < 4.78 is 5.53. The van der Waals surface area contributed by atoms with Crippen LogP contribution in [0, 0.1) is 11.8 Å². The number of fused-ring (bicyclic) bond motifs is 1. The van der Waals surface area contributed by atoms with E-state index >= 15 is 0 Å². The van der Waals surface area contributed by atoms with Crippen LogP contribution < -0.4 is 4.74 Å². The number of rotatable bonds is 5. The zero-order chi connectivity index (χ0) is 14.8. The summed E-state index contributed by atoms with van der Waals surface area (Å²) in [5.74, 6) is 1.12. The molecule has 21 heavy (non-hydrogen) atoms. The predicted molar refractivity (Wildman–Crippen MR) is 80.3 cm³/mol. The van der Waals surface area contributed by atoms with E-state index in [4.69, 9.17) is 4.74 Å². The summed E-state index contributed by atoms with van der Waals surface area (Å²) in [7, 11) is 0. The molecule has 2 fully saturated rings. The lowest BCUT2D eigenvalue weighted by Gasteiger charge is -2.24. The smallest absolute Gasteiger partial charge is 0.321 e. The zero-order valence-electron chi connectivity index (χ0n) is 12.5. The third-order valence-corrected chi connectivity index (χ3v) is 4.83. The summed E-state index contributed by atoms with van der Waals surface area (Å²) in [5.41, 5.74) is 1.13. The van der Waals surface area contributed by atoms with E-state index in [1.54, 1.807) is 0 Å². The maximum atomic E-state index is 11.6. The van der Waals surface area contributed by atoms with Gasteiger partial charge in [-0.15, -0.1) is 0 Å². The molecule has 0 bridgehead atoms. The van der Waals surface area contributed by atoms with Crippen LogP contribution in [0.4, 0.5) is 0 Å². The highest BCUT2D eigenvalue weighted by Crippen LogP contribution is 2.42. The van der Waals surface area contributed by atoms with Gasteiger partial charge in [-0.1, -0.05) is 18.6 Å². The first kappa shape index (κ1) is 14.4. The Balaban J connectivity index is 1.74. The van der Waals surface area contributed by atoms with Crippen LogP contribution in [-0.4, -0.2) is 35.2 Å². The lowest BCUT2D eigenvalue weighted by atomic mass is 9.94. The fourth-order valence-electron chi connectivity index (χ4n) is 4.03. The Bertz CT molecular complexity index is 517. The topological polar surface area (TPSA) is 49.8 Å². The molecule has 114 valence electrons. The van der Waals surface area contributed by atoms with Gasteiger partial charge in [0.1, 0.15) is 11.8 Å². The first-order valence-electron chi connectivity index (χ1n) is 7.87. The number of nitrogens with zero attached hydrogens (tertiary/aromatic N) is 1. The first-order valence-corrected chi connectivity index (χ1v) is 7.87. The minimum Gasteiger partial charge on any atom is -0.494 e. The summed E-state index contributed by atoms with van der Waals surface area (Å²) in [4.78, 5) is 13.8. The van der Waals surface area contributed by atoms with E-state index in [2.05, 4.69) is 11.0 Å². The van der Waals surface area contributed by atoms with Crippen molar-refractivity contribution in [1.82, 2.24) is 4.90 Å². The van der Waals surface area contributed by atoms with Crippen LogP contribution >= 0.6 is 0 Å². The molecule has 0 radical (unpaired) electrons. The van der Waals surface area contributed by atoms with Crippen molar-refractivity contribution in [2.24, 2.45) is 11.8 Å². The lowest BCUT2D eigenvalue weighted by Crippen LogP contribution is -2.39. The standard InChI is InChI=1S/C17H23NO3/c1-2-21-14-7-3-5-12(9-14)10-18-11-13-6-4-8-15(13)16(18)17(19)20/h3,5,7,9,13,15-16H,2,4,6,8,10-11H2,1H3,(H,19,20). The van der Waals surface area contributed by atoms with Crippen LogP contribution in [0.5, 0.6) is 5.75 Å². The van der Waals surface area contributed by atoms with Crippen LogP contribution in [0.15, 0.2) is 24.3 Å². The summed E-state index contributed by atoms with van der Waals surface area (Å²) in [6.45, 7) is 4.23. The second-order valence-corrected chi connectivity index (χ2v) is 6.15. The normalized spacial score (nSPS) is 28.5. The molecule has 1 saturated heterocycles. The first-order chi connectivity index (χ1) is 10.2. The summed E-state index contributed by atoms with van der Waals surface area (Å²) >= 11 is 0. The van der Waals surface area contributed by atoms with E-state index in [1.807, 2.05) is 25.1 Å². The maximum Gasteiger partial charge on any atom is 0.321 e. The second kappa shape index (κ2) is 6.06. The van der Waals surface area contributed by atoms with E-state index < -0.39 is 5.97 Å². The van der Waals surface area contributed by atoms with Crippen LogP contribution in [0.25, 0.3) is 0 Å². The van der Waals surface area contributed by atoms with E-state index in [0.717, 1.165) is 24.3 Å². The highest BCUT2D eigenvalue weighted by atomic mass is 16.5. The Hall–Kier alpha value is -1.55. The number of ether oxygens (including phenoxy) is 1. The van der Waals surface area contributed by atoms with Gasteiger partial charge in [0, 0.05) is 13.1 Å². The molecule has 4 heteroatoms. The average molecular weight is 289 g/mol. The van der Waals surface area contributed by atoms with Gasteiger partial charge in [-0.05, 0) is 49.3 Å². The Kier molecular flexibility index (Phi) is 4.15. The molecule has 3 unspecified atom stereocenters. The van der Waals surface area contributed by atoms with Gasteiger partial charge in [-0.3, -0.25) is 9.69 Å². The molecule has 3 atom stereocenters. The van der Waals surface area contributed by atoms with Crippen molar-refractivity contribution in [3.8, 4) is 5.75 Å². The van der Waals surface area contributed by atoms with E-state index in [9.17, 15) is 9.90 Å². The fraction of sp³-hybridized carbons (Fsp3) is 0.588. The van der Waals surface area contributed by atoms with Crippen molar-refractivity contribution in [1.29, 1.82) is 0 Å². The molecule has 0 aromatic heterocycles. The third kappa shape index (κ3) is 2.91. The van der Waals surface area contributed by atoms with E-state index in [-0.39, 0.29) is 6.04 Å². The number of likely N-dealkylation sites (tertiary alicyclic amines) is 1. The number of carbonyl (C=O) groups is 1. The van der Waals surface area contributed by atoms with Gasteiger partial charge in [0.15, 0.2) is 0 Å². The second-order valence-electron chi connectivity index (χ2n) is 6.15. The van der Waals surface area contributed by atoms with Gasteiger partial charge in [0.05, 0.1) is 6.61 Å². The molecular formula is C17H23NO3. The SMILES string of the molecule is CCOc1cccc(CN2CC3CCCC3C2C(=O)O)c1. The van der Waals surface area contributed by atoms with Crippen LogP contribution in [-0.2, 0) is 11.3 Å². The van der Waals surface area contributed by atoms with Gasteiger partial charge in [0.25, 0.3) is 0 Å². The molecule has 0 amide bonds. The molecule has 1 aromatic carbocycles. The number of aliphatic carboxylic acids is 1. The van der Waals surface area contributed by atoms with Crippen molar-refractivity contribution in [2.45, 2.75) is 38.8 Å². The molecule has 3 rings (SSSR count). The van der Waals surface area contributed by atoms with Crippen LogP contribution in [0.1, 0.15) is 31.7 Å². The highest BCUT2D eigenvalue weighted by Gasteiger charge is 2.47. The van der Waals surface area contributed by atoms with Gasteiger partial charge in [0.2, 0.25) is 0 Å². The molecule has 1 aliphatic carbocycles. The molecular weight excluding hydrogens is 266 g/mol. The summed E-state index contributed by atoms with van der Waals surface area (Å²) in [5, 5.41) is 9.58. The van der Waals surface area contributed by atoms with Gasteiger partial charge in [-0.2, -0.15) is 0 Å². The number of benzene rings is 1. The molecule has 1 saturated carbocycles. The van der Waals surface area contributed by atoms with Gasteiger partial charge < -0.3 is 9.84 Å². The molecule has 0 spiro atoms. The molecule has 1 aromatic rings. The minimum atomic E-state index is -0.662. The van der Waals surface area contributed by atoms with Gasteiger partial charge >= 0.3 is 5.97 Å². The quantitative estimate of drug-likeness (QED) is 0.905. The molecule has 1 heterocycles. The van der Waals surface area contributed by atoms with Crippen LogP contribution in [0.3, 0.4) is 0 Å². The van der Waals surface area contributed by atoms with E-state index in [1.165, 1.54) is 12.8 Å². The van der Waals surface area contributed by atoms with Gasteiger partial charge in [-0.25, -0.2) is 0 Å². The molecule has 2 aliphatic rings. The third-order valence-electron chi connectivity index (χ3n) is 4.83. The maximum absolute atomic E-state index is 11.6. The van der Waals surface area contributed by atoms with E-state index in [0.29, 0.717) is 25.0 Å². The van der Waals surface area contributed by atoms with Crippen molar-refractivity contribution in [3.05, 3.63) is 29.8 Å². The average Bonchev–Trinajstić information content (AvgIpc) is 2.99. The number of hydrogen-bond acceptors (Lipinski definition) is 3. The molecule has 4 nitrogen and oxygen atoms in total. The van der Waals surface area contributed by atoms with Crippen molar-refractivity contribution >= 4 is 5.97 Å².